The van der Waals surface area contributed by atoms with Crippen molar-refractivity contribution in [1.29, 1.82) is 0 Å². The van der Waals surface area contributed by atoms with E-state index in [0.717, 1.165) is 0 Å². The SMILES string of the molecule is O=S(=O)(Cc1ccccc1)n1c(I)cc2c(Cl)c(Cl)cnc21. The molecule has 0 unspecified atom stereocenters. The third-order valence-electron chi connectivity index (χ3n) is 3.11. The summed E-state index contributed by atoms with van der Waals surface area (Å²) in [6.07, 6.45) is 1.36. The molecule has 8 heteroatoms. The highest BCUT2D eigenvalue weighted by Crippen LogP contribution is 2.33. The van der Waals surface area contributed by atoms with E-state index < -0.39 is 10.0 Å². The lowest BCUT2D eigenvalue weighted by molar-refractivity contribution is 0.587. The van der Waals surface area contributed by atoms with Gasteiger partial charge in [-0.15, -0.1) is 0 Å². The van der Waals surface area contributed by atoms with Crippen LogP contribution in [0.2, 0.25) is 10.0 Å². The number of benzene rings is 1. The number of hydrogen-bond acceptors (Lipinski definition) is 3. The normalized spacial score (nSPS) is 12.0. The Morgan fingerprint density at radius 2 is 1.86 bits per heavy atom. The van der Waals surface area contributed by atoms with Crippen LogP contribution < -0.4 is 0 Å². The Morgan fingerprint density at radius 3 is 2.55 bits per heavy atom. The van der Waals surface area contributed by atoms with Crippen molar-refractivity contribution >= 4 is 66.8 Å². The van der Waals surface area contributed by atoms with Crippen LogP contribution in [-0.4, -0.2) is 17.4 Å². The molecule has 0 atom stereocenters. The van der Waals surface area contributed by atoms with Gasteiger partial charge in [-0.25, -0.2) is 17.4 Å². The van der Waals surface area contributed by atoms with Gasteiger partial charge in [0.2, 0.25) is 10.0 Å². The second-order valence-corrected chi connectivity index (χ2v) is 8.34. The molecular formula is C14H9Cl2IN2O2S. The number of fused-ring (bicyclic) bond motifs is 1. The first-order chi connectivity index (χ1) is 10.4. The smallest absolute Gasteiger partial charge is 0.236 e. The van der Waals surface area contributed by atoms with Crippen molar-refractivity contribution in [3.63, 3.8) is 0 Å². The Bertz CT molecular complexity index is 956. The third kappa shape index (κ3) is 2.84. The average Bonchev–Trinajstić information content (AvgIpc) is 2.81. The van der Waals surface area contributed by atoms with Gasteiger partial charge in [0.15, 0.2) is 5.65 Å². The van der Waals surface area contributed by atoms with Crippen molar-refractivity contribution in [1.82, 2.24) is 8.96 Å². The van der Waals surface area contributed by atoms with Crippen LogP contribution in [0.3, 0.4) is 0 Å². The van der Waals surface area contributed by atoms with E-state index in [1.54, 1.807) is 30.3 Å². The fourth-order valence-electron chi connectivity index (χ4n) is 2.15. The van der Waals surface area contributed by atoms with Crippen molar-refractivity contribution in [3.8, 4) is 0 Å². The molecule has 0 N–H and O–H groups in total. The molecule has 114 valence electrons. The molecule has 3 aromatic rings. The van der Waals surface area contributed by atoms with E-state index in [4.69, 9.17) is 23.2 Å². The van der Waals surface area contributed by atoms with E-state index in [-0.39, 0.29) is 11.4 Å². The summed E-state index contributed by atoms with van der Waals surface area (Å²) in [6, 6.07) is 10.7. The van der Waals surface area contributed by atoms with Gasteiger partial charge < -0.3 is 0 Å². The molecule has 22 heavy (non-hydrogen) atoms. The van der Waals surface area contributed by atoms with E-state index >= 15 is 0 Å². The van der Waals surface area contributed by atoms with Gasteiger partial charge >= 0.3 is 0 Å². The second-order valence-electron chi connectivity index (χ2n) is 4.63. The Morgan fingerprint density at radius 1 is 1.18 bits per heavy atom. The lowest BCUT2D eigenvalue weighted by atomic mass is 10.2. The molecule has 0 saturated heterocycles. The standard InChI is InChI=1S/C14H9Cl2IN2O2S/c15-11-7-18-14-10(13(11)16)6-12(17)19(14)22(20,21)8-9-4-2-1-3-5-9/h1-7H,8H2. The van der Waals surface area contributed by atoms with E-state index in [1.165, 1.54) is 10.2 Å². The number of pyridine rings is 1. The van der Waals surface area contributed by atoms with Crippen LogP contribution in [0.5, 0.6) is 0 Å². The summed E-state index contributed by atoms with van der Waals surface area (Å²) in [6.45, 7) is 0. The molecule has 0 amide bonds. The minimum atomic E-state index is -3.61. The molecular weight excluding hydrogens is 458 g/mol. The van der Waals surface area contributed by atoms with Crippen LogP contribution in [0, 0.1) is 3.70 Å². The summed E-state index contributed by atoms with van der Waals surface area (Å²) < 4.78 is 27.2. The highest BCUT2D eigenvalue weighted by atomic mass is 127. The van der Waals surface area contributed by atoms with Gasteiger partial charge in [0.25, 0.3) is 0 Å². The topological polar surface area (TPSA) is 52.0 Å². The van der Waals surface area contributed by atoms with E-state index in [1.807, 2.05) is 28.7 Å². The molecule has 0 fully saturated rings. The van der Waals surface area contributed by atoms with Crippen LogP contribution in [0.4, 0.5) is 0 Å². The van der Waals surface area contributed by atoms with Gasteiger partial charge in [-0.1, -0.05) is 53.5 Å². The molecule has 0 aliphatic rings. The van der Waals surface area contributed by atoms with Gasteiger partial charge in [-0.2, -0.15) is 0 Å². The highest BCUT2D eigenvalue weighted by Gasteiger charge is 2.23. The van der Waals surface area contributed by atoms with Crippen LogP contribution in [0.15, 0.2) is 42.6 Å². The van der Waals surface area contributed by atoms with E-state index in [2.05, 4.69) is 4.98 Å². The molecule has 0 radical (unpaired) electrons. The summed E-state index contributed by atoms with van der Waals surface area (Å²) in [4.78, 5) is 4.13. The first-order valence-electron chi connectivity index (χ1n) is 6.18. The van der Waals surface area contributed by atoms with Gasteiger partial charge in [0.05, 0.1) is 19.5 Å². The van der Waals surface area contributed by atoms with Crippen molar-refractivity contribution in [3.05, 3.63) is 61.9 Å². The van der Waals surface area contributed by atoms with Crippen molar-refractivity contribution in [2.75, 3.05) is 0 Å². The van der Waals surface area contributed by atoms with Crippen molar-refractivity contribution in [2.45, 2.75) is 5.75 Å². The lowest BCUT2D eigenvalue weighted by Gasteiger charge is -2.09. The van der Waals surface area contributed by atoms with Gasteiger partial charge in [0, 0.05) is 11.6 Å². The van der Waals surface area contributed by atoms with Gasteiger partial charge in [-0.3, -0.25) is 0 Å². The van der Waals surface area contributed by atoms with Crippen LogP contribution in [0.25, 0.3) is 11.0 Å². The fourth-order valence-corrected chi connectivity index (χ4v) is 5.40. The second kappa shape index (κ2) is 5.99. The molecule has 2 heterocycles. The Balaban J connectivity index is 2.17. The summed E-state index contributed by atoms with van der Waals surface area (Å²) in [5.74, 6) is -0.116. The predicted octanol–water partition coefficient (Wildman–Crippen LogP) is 4.33. The van der Waals surface area contributed by atoms with Gasteiger partial charge in [0.1, 0.15) is 0 Å². The first kappa shape index (κ1) is 16.0. The zero-order valence-electron chi connectivity index (χ0n) is 11.0. The molecule has 0 saturated carbocycles. The molecule has 2 aromatic heterocycles. The van der Waals surface area contributed by atoms with Crippen LogP contribution >= 0.6 is 45.8 Å². The Labute approximate surface area is 151 Å². The average molecular weight is 467 g/mol. The zero-order valence-corrected chi connectivity index (χ0v) is 15.5. The summed E-state index contributed by atoms with van der Waals surface area (Å²) >= 11 is 14.0. The van der Waals surface area contributed by atoms with Crippen molar-refractivity contribution in [2.24, 2.45) is 0 Å². The molecule has 4 nitrogen and oxygen atoms in total. The number of rotatable bonds is 3. The number of nitrogens with zero attached hydrogens (tertiary/aromatic N) is 2. The largest absolute Gasteiger partial charge is 0.245 e. The van der Waals surface area contributed by atoms with Crippen LogP contribution in [-0.2, 0) is 15.8 Å². The van der Waals surface area contributed by atoms with E-state index in [9.17, 15) is 8.42 Å². The number of hydrogen-bond donors (Lipinski definition) is 0. The maximum Gasteiger partial charge on any atom is 0.245 e. The number of aromatic nitrogens is 2. The fraction of sp³-hybridized carbons (Fsp3) is 0.0714. The summed E-state index contributed by atoms with van der Waals surface area (Å²) in [5.41, 5.74) is 0.995. The predicted molar refractivity (Wildman–Crippen MR) is 96.9 cm³/mol. The molecule has 0 spiro atoms. The van der Waals surface area contributed by atoms with Gasteiger partial charge in [-0.05, 0) is 34.2 Å². The molecule has 0 aliphatic carbocycles. The lowest BCUT2D eigenvalue weighted by Crippen LogP contribution is -2.16. The third-order valence-corrected chi connectivity index (χ3v) is 6.64. The minimum absolute atomic E-state index is 0.116. The molecule has 1 aromatic carbocycles. The molecule has 0 bridgehead atoms. The Hall–Kier alpha value is -0.830. The minimum Gasteiger partial charge on any atom is -0.236 e. The number of halogens is 3. The first-order valence-corrected chi connectivity index (χ1v) is 9.62. The summed E-state index contributed by atoms with van der Waals surface area (Å²) in [5, 5.41) is 1.12. The van der Waals surface area contributed by atoms with Crippen LogP contribution in [0.1, 0.15) is 5.56 Å². The monoisotopic (exact) mass is 466 g/mol. The van der Waals surface area contributed by atoms with E-state index in [0.29, 0.717) is 24.7 Å². The zero-order chi connectivity index (χ0) is 15.9. The highest BCUT2D eigenvalue weighted by molar-refractivity contribution is 14.1. The van der Waals surface area contributed by atoms with Crippen molar-refractivity contribution < 1.29 is 8.42 Å². The molecule has 3 rings (SSSR count). The quantitative estimate of drug-likeness (QED) is 0.540. The maximum absolute atomic E-state index is 12.7. The summed E-state index contributed by atoms with van der Waals surface area (Å²) in [7, 11) is -3.61. The maximum atomic E-state index is 12.7. The molecule has 0 aliphatic heterocycles. The Kier molecular flexibility index (Phi) is 4.37.